The van der Waals surface area contributed by atoms with Gasteiger partial charge >= 0.3 is 0 Å². The second kappa shape index (κ2) is 8.22. The van der Waals surface area contributed by atoms with Gasteiger partial charge in [0.2, 0.25) is 0 Å². The lowest BCUT2D eigenvalue weighted by Gasteiger charge is -2.13. The standard InChI is InChI=1S/C19H21ClN4O2S/c1-10-7-14(23-17(10)12-3-5-13(20)6-4-12)18(26)24-15(8-21)19-22-11(2)16(9-25)27-19/h3-7,15,23,25H,8-9,21H2,1-2H3,(H,24,26). The Morgan fingerprint density at radius 1 is 1.37 bits per heavy atom. The molecule has 0 saturated carbocycles. The van der Waals surface area contributed by atoms with Crippen LogP contribution in [0.3, 0.4) is 0 Å². The fourth-order valence-electron chi connectivity index (χ4n) is 2.80. The van der Waals surface area contributed by atoms with Crippen molar-refractivity contribution in [3.63, 3.8) is 0 Å². The third kappa shape index (κ3) is 4.22. The Bertz CT molecular complexity index is 949. The number of halogens is 1. The number of amides is 1. The molecule has 27 heavy (non-hydrogen) atoms. The minimum absolute atomic E-state index is 0.0744. The Balaban J connectivity index is 1.80. The maximum absolute atomic E-state index is 12.7. The van der Waals surface area contributed by atoms with Crippen molar-refractivity contribution in [2.24, 2.45) is 5.73 Å². The van der Waals surface area contributed by atoms with Crippen LogP contribution >= 0.6 is 22.9 Å². The second-order valence-corrected chi connectivity index (χ2v) is 7.78. The summed E-state index contributed by atoms with van der Waals surface area (Å²) < 4.78 is 0. The minimum Gasteiger partial charge on any atom is -0.391 e. The van der Waals surface area contributed by atoms with Gasteiger partial charge in [0.05, 0.1) is 23.2 Å². The predicted octanol–water partition coefficient (Wildman–Crippen LogP) is 3.33. The van der Waals surface area contributed by atoms with Crippen LogP contribution in [0.1, 0.15) is 37.7 Å². The molecular weight excluding hydrogens is 384 g/mol. The Morgan fingerprint density at radius 3 is 2.67 bits per heavy atom. The number of H-pyrrole nitrogens is 1. The van der Waals surface area contributed by atoms with Crippen molar-refractivity contribution in [1.29, 1.82) is 0 Å². The maximum Gasteiger partial charge on any atom is 0.268 e. The van der Waals surface area contributed by atoms with Gasteiger partial charge in [-0.2, -0.15) is 0 Å². The van der Waals surface area contributed by atoms with Crippen molar-refractivity contribution in [3.05, 3.63) is 62.2 Å². The number of nitrogens with one attached hydrogen (secondary N) is 2. The van der Waals surface area contributed by atoms with E-state index in [9.17, 15) is 9.90 Å². The molecule has 3 aromatic rings. The molecule has 5 N–H and O–H groups in total. The van der Waals surface area contributed by atoms with E-state index in [2.05, 4.69) is 15.3 Å². The number of hydrogen-bond donors (Lipinski definition) is 4. The molecule has 0 aliphatic carbocycles. The zero-order valence-electron chi connectivity index (χ0n) is 15.0. The zero-order chi connectivity index (χ0) is 19.6. The SMILES string of the molecule is Cc1cc(C(=O)NC(CN)c2nc(C)c(CO)s2)[nH]c1-c1ccc(Cl)cc1. The molecular formula is C19H21ClN4O2S. The van der Waals surface area contributed by atoms with E-state index in [1.54, 1.807) is 6.07 Å². The highest BCUT2D eigenvalue weighted by atomic mass is 35.5. The van der Waals surface area contributed by atoms with Crippen LogP contribution in [0.4, 0.5) is 0 Å². The first-order valence-electron chi connectivity index (χ1n) is 8.46. The smallest absolute Gasteiger partial charge is 0.268 e. The number of aromatic amines is 1. The highest BCUT2D eigenvalue weighted by Gasteiger charge is 2.21. The summed E-state index contributed by atoms with van der Waals surface area (Å²) in [5.41, 5.74) is 9.83. The van der Waals surface area contributed by atoms with Crippen molar-refractivity contribution in [3.8, 4) is 11.3 Å². The highest BCUT2D eigenvalue weighted by Crippen LogP contribution is 2.26. The molecule has 0 aliphatic heterocycles. The average molecular weight is 405 g/mol. The molecule has 0 bridgehead atoms. The Labute approximate surface area is 166 Å². The molecule has 0 saturated heterocycles. The summed E-state index contributed by atoms with van der Waals surface area (Å²) in [7, 11) is 0. The van der Waals surface area contributed by atoms with Gasteiger partial charge in [0, 0.05) is 17.3 Å². The lowest BCUT2D eigenvalue weighted by molar-refractivity contribution is 0.0933. The van der Waals surface area contributed by atoms with E-state index in [0.29, 0.717) is 15.7 Å². The molecule has 3 rings (SSSR count). The van der Waals surface area contributed by atoms with Crippen molar-refractivity contribution in [2.75, 3.05) is 6.54 Å². The Hall–Kier alpha value is -2.19. The molecule has 2 heterocycles. The van der Waals surface area contributed by atoms with Gasteiger partial charge in [-0.1, -0.05) is 23.7 Å². The van der Waals surface area contributed by atoms with Crippen LogP contribution in [-0.2, 0) is 6.61 Å². The van der Waals surface area contributed by atoms with Gasteiger partial charge < -0.3 is 21.1 Å². The molecule has 0 aliphatic rings. The first-order chi connectivity index (χ1) is 12.9. The first-order valence-corrected chi connectivity index (χ1v) is 9.66. The number of carbonyl (C=O) groups is 1. The van der Waals surface area contributed by atoms with Gasteiger partial charge in [0.25, 0.3) is 5.91 Å². The second-order valence-electron chi connectivity index (χ2n) is 6.23. The fraction of sp³-hybridized carbons (Fsp3) is 0.263. The third-order valence-electron chi connectivity index (χ3n) is 4.28. The van der Waals surface area contributed by atoms with Crippen LogP contribution in [0, 0.1) is 13.8 Å². The van der Waals surface area contributed by atoms with Crippen LogP contribution in [0.15, 0.2) is 30.3 Å². The summed E-state index contributed by atoms with van der Waals surface area (Å²) in [5.74, 6) is -0.257. The summed E-state index contributed by atoms with van der Waals surface area (Å²) >= 11 is 7.30. The van der Waals surface area contributed by atoms with E-state index in [4.69, 9.17) is 17.3 Å². The molecule has 1 atom stereocenters. The van der Waals surface area contributed by atoms with E-state index < -0.39 is 6.04 Å². The van der Waals surface area contributed by atoms with Gasteiger partial charge in [-0.15, -0.1) is 11.3 Å². The lowest BCUT2D eigenvalue weighted by atomic mass is 10.1. The number of hydrogen-bond acceptors (Lipinski definition) is 5. The van der Waals surface area contributed by atoms with Gasteiger partial charge in [-0.05, 0) is 43.2 Å². The Kier molecular flexibility index (Phi) is 5.96. The van der Waals surface area contributed by atoms with Gasteiger partial charge in [0.1, 0.15) is 10.7 Å². The van der Waals surface area contributed by atoms with Gasteiger partial charge in [-0.3, -0.25) is 4.79 Å². The van der Waals surface area contributed by atoms with Crippen molar-refractivity contribution in [2.45, 2.75) is 26.5 Å². The van der Waals surface area contributed by atoms with E-state index in [1.165, 1.54) is 11.3 Å². The quantitative estimate of drug-likeness (QED) is 0.505. The van der Waals surface area contributed by atoms with Crippen LogP contribution < -0.4 is 11.1 Å². The molecule has 0 radical (unpaired) electrons. The molecule has 1 unspecified atom stereocenters. The number of aliphatic hydroxyl groups excluding tert-OH is 1. The van der Waals surface area contributed by atoms with Crippen LogP contribution in [0.25, 0.3) is 11.3 Å². The van der Waals surface area contributed by atoms with Crippen molar-refractivity contribution < 1.29 is 9.90 Å². The van der Waals surface area contributed by atoms with E-state index in [0.717, 1.165) is 27.4 Å². The summed E-state index contributed by atoms with van der Waals surface area (Å²) in [6, 6.07) is 8.82. The number of benzene rings is 1. The topological polar surface area (TPSA) is 104 Å². The summed E-state index contributed by atoms with van der Waals surface area (Å²) in [4.78, 5) is 21.1. The van der Waals surface area contributed by atoms with E-state index in [-0.39, 0.29) is 19.1 Å². The lowest BCUT2D eigenvalue weighted by Crippen LogP contribution is -2.33. The fourth-order valence-corrected chi connectivity index (χ4v) is 3.92. The van der Waals surface area contributed by atoms with Crippen LogP contribution in [-0.4, -0.2) is 27.5 Å². The number of rotatable bonds is 6. The molecule has 1 aromatic carbocycles. The van der Waals surface area contributed by atoms with Crippen LogP contribution in [0.5, 0.6) is 0 Å². The van der Waals surface area contributed by atoms with Gasteiger partial charge in [-0.25, -0.2) is 4.98 Å². The Morgan fingerprint density at radius 2 is 2.07 bits per heavy atom. The summed E-state index contributed by atoms with van der Waals surface area (Å²) in [6.07, 6.45) is 0. The van der Waals surface area contributed by atoms with Crippen molar-refractivity contribution >= 4 is 28.8 Å². The molecule has 1 amide bonds. The number of nitrogens with zero attached hydrogens (tertiary/aromatic N) is 1. The van der Waals surface area contributed by atoms with E-state index in [1.807, 2.05) is 38.1 Å². The van der Waals surface area contributed by atoms with Crippen molar-refractivity contribution in [1.82, 2.24) is 15.3 Å². The van der Waals surface area contributed by atoms with E-state index >= 15 is 0 Å². The molecule has 0 spiro atoms. The number of aliphatic hydroxyl groups is 1. The summed E-state index contributed by atoms with van der Waals surface area (Å²) in [6.45, 7) is 3.91. The molecule has 0 fully saturated rings. The maximum atomic E-state index is 12.7. The highest BCUT2D eigenvalue weighted by molar-refractivity contribution is 7.11. The average Bonchev–Trinajstić information content (AvgIpc) is 3.23. The molecule has 2 aromatic heterocycles. The first kappa shape index (κ1) is 19.6. The third-order valence-corrected chi connectivity index (χ3v) is 5.79. The van der Waals surface area contributed by atoms with Gasteiger partial charge in [0.15, 0.2) is 0 Å². The predicted molar refractivity (Wildman–Crippen MR) is 108 cm³/mol. The zero-order valence-corrected chi connectivity index (χ0v) is 16.6. The number of carbonyl (C=O) groups excluding carboxylic acids is 1. The largest absolute Gasteiger partial charge is 0.391 e. The monoisotopic (exact) mass is 404 g/mol. The van der Waals surface area contributed by atoms with Crippen LogP contribution in [0.2, 0.25) is 5.02 Å². The normalized spacial score (nSPS) is 12.2. The molecule has 8 heteroatoms. The number of aromatic nitrogens is 2. The number of thiazole rings is 1. The summed E-state index contributed by atoms with van der Waals surface area (Å²) in [5, 5.41) is 13.6. The minimum atomic E-state index is -0.413. The molecule has 142 valence electrons. The molecule has 6 nitrogen and oxygen atoms in total. The number of nitrogens with two attached hydrogens (primary N) is 1. The number of aryl methyl sites for hydroxylation is 2.